The monoisotopic (exact) mass is 197 g/mol. The van der Waals surface area contributed by atoms with Crippen LogP contribution in [-0.2, 0) is 4.74 Å². The number of hydrogen-bond acceptors (Lipinski definition) is 2. The van der Waals surface area contributed by atoms with Gasteiger partial charge in [-0.15, -0.1) is 0 Å². The van der Waals surface area contributed by atoms with Crippen LogP contribution in [0.4, 0.5) is 0 Å². The Kier molecular flexibility index (Phi) is 5.20. The first kappa shape index (κ1) is 11.7. The first-order valence-corrected chi connectivity index (χ1v) is 5.70. The lowest BCUT2D eigenvalue weighted by molar-refractivity contribution is 0.0460. The van der Waals surface area contributed by atoms with Gasteiger partial charge in [-0.3, -0.25) is 0 Å². The third-order valence-electron chi connectivity index (χ3n) is 2.66. The summed E-state index contributed by atoms with van der Waals surface area (Å²) >= 11 is 0. The molecule has 0 bridgehead atoms. The molecule has 0 radical (unpaired) electrons. The van der Waals surface area contributed by atoms with Crippen LogP contribution in [0.3, 0.4) is 0 Å². The lowest BCUT2D eigenvalue weighted by Crippen LogP contribution is -2.38. The van der Waals surface area contributed by atoms with Gasteiger partial charge in [-0.1, -0.05) is 18.6 Å². The Balaban J connectivity index is 2.51. The molecule has 0 aliphatic carbocycles. The molecule has 0 spiro atoms. The summed E-state index contributed by atoms with van der Waals surface area (Å²) in [6.45, 7) is 9.38. The van der Waals surface area contributed by atoms with Crippen LogP contribution in [0.1, 0.15) is 33.6 Å². The molecule has 0 aromatic heterocycles. The van der Waals surface area contributed by atoms with Gasteiger partial charge in [0.2, 0.25) is 0 Å². The van der Waals surface area contributed by atoms with E-state index in [0.717, 1.165) is 19.8 Å². The zero-order valence-corrected chi connectivity index (χ0v) is 9.68. The van der Waals surface area contributed by atoms with Crippen molar-refractivity contribution in [1.29, 1.82) is 0 Å². The molecular weight excluding hydrogens is 174 g/mol. The lowest BCUT2D eigenvalue weighted by atomic mass is 9.92. The van der Waals surface area contributed by atoms with E-state index in [1.165, 1.54) is 18.4 Å². The molecule has 2 unspecified atom stereocenters. The number of nitrogens with one attached hydrogen (secondary N) is 1. The average Bonchev–Trinajstić information content (AvgIpc) is 2.18. The van der Waals surface area contributed by atoms with Gasteiger partial charge < -0.3 is 10.1 Å². The van der Waals surface area contributed by atoms with Gasteiger partial charge >= 0.3 is 0 Å². The molecule has 2 atom stereocenters. The fraction of sp³-hybridized carbons (Fsp3) is 0.833. The SMILES string of the molecule is CCNC(C=C(C)C)C1CCCOC1. The Morgan fingerprint density at radius 2 is 2.36 bits per heavy atom. The minimum atomic E-state index is 0.505. The van der Waals surface area contributed by atoms with Crippen molar-refractivity contribution in [2.24, 2.45) is 5.92 Å². The van der Waals surface area contributed by atoms with E-state index in [1.807, 2.05) is 0 Å². The van der Waals surface area contributed by atoms with Crippen molar-refractivity contribution in [2.45, 2.75) is 39.7 Å². The zero-order valence-electron chi connectivity index (χ0n) is 9.68. The Bertz CT molecular complexity index is 179. The van der Waals surface area contributed by atoms with Crippen LogP contribution < -0.4 is 5.32 Å². The smallest absolute Gasteiger partial charge is 0.0512 e. The fourth-order valence-electron chi connectivity index (χ4n) is 2.01. The molecule has 1 fully saturated rings. The van der Waals surface area contributed by atoms with Crippen molar-refractivity contribution in [2.75, 3.05) is 19.8 Å². The summed E-state index contributed by atoms with van der Waals surface area (Å²) in [5, 5.41) is 3.53. The van der Waals surface area contributed by atoms with Crippen LogP contribution in [0.15, 0.2) is 11.6 Å². The van der Waals surface area contributed by atoms with Gasteiger partial charge in [-0.2, -0.15) is 0 Å². The number of rotatable bonds is 4. The zero-order chi connectivity index (χ0) is 10.4. The van der Waals surface area contributed by atoms with E-state index >= 15 is 0 Å². The van der Waals surface area contributed by atoms with Crippen LogP contribution in [0, 0.1) is 5.92 Å². The van der Waals surface area contributed by atoms with E-state index < -0.39 is 0 Å². The normalized spacial score (nSPS) is 24.4. The van der Waals surface area contributed by atoms with Crippen LogP contribution >= 0.6 is 0 Å². The molecule has 1 N–H and O–H groups in total. The van der Waals surface area contributed by atoms with Gasteiger partial charge in [0.25, 0.3) is 0 Å². The molecule has 0 aromatic rings. The van der Waals surface area contributed by atoms with E-state index in [9.17, 15) is 0 Å². The third kappa shape index (κ3) is 3.81. The standard InChI is InChI=1S/C12H23NO/c1-4-13-12(8-10(2)3)11-6-5-7-14-9-11/h8,11-13H,4-7,9H2,1-3H3. The first-order chi connectivity index (χ1) is 6.74. The van der Waals surface area contributed by atoms with Crippen molar-refractivity contribution >= 4 is 0 Å². The highest BCUT2D eigenvalue weighted by Crippen LogP contribution is 2.19. The maximum absolute atomic E-state index is 5.52. The predicted molar refractivity (Wildman–Crippen MR) is 60.4 cm³/mol. The first-order valence-electron chi connectivity index (χ1n) is 5.70. The average molecular weight is 197 g/mol. The highest BCUT2D eigenvalue weighted by atomic mass is 16.5. The van der Waals surface area contributed by atoms with Gasteiger partial charge in [-0.05, 0) is 33.2 Å². The minimum absolute atomic E-state index is 0.505. The topological polar surface area (TPSA) is 21.3 Å². The predicted octanol–water partition coefficient (Wildman–Crippen LogP) is 2.36. The van der Waals surface area contributed by atoms with Crippen LogP contribution in [0.25, 0.3) is 0 Å². The summed E-state index contributed by atoms with van der Waals surface area (Å²) in [6.07, 6.45) is 4.84. The molecule has 1 rings (SSSR count). The molecule has 2 heteroatoms. The van der Waals surface area contributed by atoms with Crippen molar-refractivity contribution in [1.82, 2.24) is 5.32 Å². The van der Waals surface area contributed by atoms with Gasteiger partial charge in [-0.25, -0.2) is 0 Å². The van der Waals surface area contributed by atoms with E-state index in [0.29, 0.717) is 12.0 Å². The molecule has 0 amide bonds. The van der Waals surface area contributed by atoms with E-state index in [1.54, 1.807) is 0 Å². The summed E-state index contributed by atoms with van der Waals surface area (Å²) in [7, 11) is 0. The van der Waals surface area contributed by atoms with Crippen molar-refractivity contribution < 1.29 is 4.74 Å². The molecule has 0 aromatic carbocycles. The Morgan fingerprint density at radius 1 is 1.57 bits per heavy atom. The number of hydrogen-bond donors (Lipinski definition) is 1. The maximum atomic E-state index is 5.52. The van der Waals surface area contributed by atoms with Crippen molar-refractivity contribution in [3.05, 3.63) is 11.6 Å². The number of allylic oxidation sites excluding steroid dienone is 1. The van der Waals surface area contributed by atoms with Gasteiger partial charge in [0.1, 0.15) is 0 Å². The minimum Gasteiger partial charge on any atom is -0.381 e. The molecule has 1 heterocycles. The summed E-state index contributed by atoms with van der Waals surface area (Å²) in [4.78, 5) is 0. The molecule has 14 heavy (non-hydrogen) atoms. The lowest BCUT2D eigenvalue weighted by Gasteiger charge is -2.29. The second-order valence-electron chi connectivity index (χ2n) is 4.30. The largest absolute Gasteiger partial charge is 0.381 e. The Morgan fingerprint density at radius 3 is 2.86 bits per heavy atom. The summed E-state index contributed by atoms with van der Waals surface area (Å²) in [5.41, 5.74) is 1.39. The number of ether oxygens (including phenoxy) is 1. The van der Waals surface area contributed by atoms with E-state index in [2.05, 4.69) is 32.2 Å². The Labute approximate surface area is 87.7 Å². The number of likely N-dealkylation sites (N-methyl/N-ethyl adjacent to an activating group) is 1. The van der Waals surface area contributed by atoms with Gasteiger partial charge in [0.15, 0.2) is 0 Å². The second kappa shape index (κ2) is 6.20. The summed E-state index contributed by atoms with van der Waals surface area (Å²) in [5.74, 6) is 0.665. The van der Waals surface area contributed by atoms with E-state index in [-0.39, 0.29) is 0 Å². The molecule has 82 valence electrons. The third-order valence-corrected chi connectivity index (χ3v) is 2.66. The molecule has 1 saturated heterocycles. The maximum Gasteiger partial charge on any atom is 0.0512 e. The van der Waals surface area contributed by atoms with E-state index in [4.69, 9.17) is 4.74 Å². The van der Waals surface area contributed by atoms with Crippen LogP contribution in [-0.4, -0.2) is 25.8 Å². The molecule has 1 aliphatic heterocycles. The van der Waals surface area contributed by atoms with Gasteiger partial charge in [0, 0.05) is 18.6 Å². The highest BCUT2D eigenvalue weighted by Gasteiger charge is 2.21. The Hall–Kier alpha value is -0.340. The van der Waals surface area contributed by atoms with Crippen molar-refractivity contribution in [3.63, 3.8) is 0 Å². The summed E-state index contributed by atoms with van der Waals surface area (Å²) in [6, 6.07) is 0.505. The van der Waals surface area contributed by atoms with Crippen LogP contribution in [0.2, 0.25) is 0 Å². The second-order valence-corrected chi connectivity index (χ2v) is 4.30. The quantitative estimate of drug-likeness (QED) is 0.699. The molecule has 0 saturated carbocycles. The van der Waals surface area contributed by atoms with Gasteiger partial charge in [0.05, 0.1) is 6.61 Å². The van der Waals surface area contributed by atoms with Crippen molar-refractivity contribution in [3.8, 4) is 0 Å². The summed E-state index contributed by atoms with van der Waals surface area (Å²) < 4.78 is 5.52. The molecule has 1 aliphatic rings. The molecular formula is C12H23NO. The highest BCUT2D eigenvalue weighted by molar-refractivity contribution is 5.03. The molecule has 2 nitrogen and oxygen atoms in total. The fourth-order valence-corrected chi connectivity index (χ4v) is 2.01. The van der Waals surface area contributed by atoms with Crippen LogP contribution in [0.5, 0.6) is 0 Å².